The van der Waals surface area contributed by atoms with E-state index >= 15 is 0 Å². The van der Waals surface area contributed by atoms with Gasteiger partial charge < -0.3 is 4.42 Å². The van der Waals surface area contributed by atoms with E-state index in [0.717, 1.165) is 0 Å². The van der Waals surface area contributed by atoms with Crippen molar-refractivity contribution < 1.29 is 14.0 Å². The van der Waals surface area contributed by atoms with Crippen molar-refractivity contribution in [3.8, 4) is 0 Å². The second-order valence-electron chi connectivity index (χ2n) is 3.21. The van der Waals surface area contributed by atoms with E-state index in [-0.39, 0.29) is 18.0 Å². The van der Waals surface area contributed by atoms with E-state index < -0.39 is 0 Å². The number of hydrogen-bond donors (Lipinski definition) is 0. The molecule has 3 heteroatoms. The summed E-state index contributed by atoms with van der Waals surface area (Å²) in [6.45, 7) is 1.80. The normalized spacial score (nSPS) is 10.7. The van der Waals surface area contributed by atoms with Gasteiger partial charge in [0, 0.05) is 19.3 Å². The van der Waals surface area contributed by atoms with E-state index in [4.69, 9.17) is 4.42 Å². The van der Waals surface area contributed by atoms with Gasteiger partial charge in [-0.15, -0.1) is 0 Å². The Morgan fingerprint density at radius 3 is 2.80 bits per heavy atom. The van der Waals surface area contributed by atoms with Crippen molar-refractivity contribution in [2.75, 3.05) is 0 Å². The van der Waals surface area contributed by atoms with Crippen LogP contribution >= 0.6 is 0 Å². The topological polar surface area (TPSA) is 47.3 Å². The predicted octanol–water partition coefficient (Wildman–Crippen LogP) is 2.62. The summed E-state index contributed by atoms with van der Waals surface area (Å²) in [5.41, 5.74) is 0. The molecule has 3 nitrogen and oxygen atoms in total. The molecule has 1 heterocycles. The van der Waals surface area contributed by atoms with Crippen LogP contribution in [0.1, 0.15) is 31.9 Å². The first kappa shape index (κ1) is 11.4. The minimum absolute atomic E-state index is 0.0480. The van der Waals surface area contributed by atoms with Gasteiger partial charge in [-0.05, 0) is 24.3 Å². The first-order chi connectivity index (χ1) is 7.22. The third-order valence-corrected chi connectivity index (χ3v) is 2.02. The van der Waals surface area contributed by atoms with Crippen LogP contribution < -0.4 is 0 Å². The highest BCUT2D eigenvalue weighted by Crippen LogP contribution is 2.04. The van der Waals surface area contributed by atoms with Gasteiger partial charge in [0.2, 0.25) is 0 Å². The number of ketones is 2. The molecule has 0 atom stereocenters. The number of hydrogen-bond acceptors (Lipinski definition) is 3. The molecule has 0 N–H and O–H groups in total. The lowest BCUT2D eigenvalue weighted by molar-refractivity contribution is -0.122. The zero-order chi connectivity index (χ0) is 11.1. The lowest BCUT2D eigenvalue weighted by atomic mass is 10.1. The van der Waals surface area contributed by atoms with Crippen LogP contribution in [0.3, 0.4) is 0 Å². The fourth-order valence-electron chi connectivity index (χ4n) is 1.08. The van der Waals surface area contributed by atoms with Gasteiger partial charge in [-0.25, -0.2) is 0 Å². The van der Waals surface area contributed by atoms with E-state index in [1.165, 1.54) is 6.08 Å². The van der Waals surface area contributed by atoms with Gasteiger partial charge in [-0.3, -0.25) is 9.59 Å². The SMILES string of the molecule is CCC(=O)CCC(=O)/C=C/c1ccco1. The lowest BCUT2D eigenvalue weighted by Crippen LogP contribution is -2.00. The van der Waals surface area contributed by atoms with Gasteiger partial charge in [0.25, 0.3) is 0 Å². The van der Waals surface area contributed by atoms with Crippen LogP contribution in [0, 0.1) is 0 Å². The van der Waals surface area contributed by atoms with E-state index in [9.17, 15) is 9.59 Å². The van der Waals surface area contributed by atoms with Gasteiger partial charge >= 0.3 is 0 Å². The zero-order valence-corrected chi connectivity index (χ0v) is 8.73. The first-order valence-corrected chi connectivity index (χ1v) is 4.98. The average Bonchev–Trinajstić information content (AvgIpc) is 2.75. The minimum atomic E-state index is -0.0480. The molecule has 1 aromatic rings. The van der Waals surface area contributed by atoms with Gasteiger partial charge in [0.05, 0.1) is 6.26 Å². The van der Waals surface area contributed by atoms with E-state index in [1.54, 1.807) is 31.4 Å². The van der Waals surface area contributed by atoms with Crippen LogP contribution in [0.4, 0.5) is 0 Å². The molecule has 80 valence electrons. The van der Waals surface area contributed by atoms with E-state index in [0.29, 0.717) is 18.6 Å². The Hall–Kier alpha value is -1.64. The van der Waals surface area contributed by atoms with Crippen LogP contribution in [0.25, 0.3) is 6.08 Å². The highest BCUT2D eigenvalue weighted by Gasteiger charge is 2.02. The lowest BCUT2D eigenvalue weighted by Gasteiger charge is -1.93. The summed E-state index contributed by atoms with van der Waals surface area (Å²) in [5.74, 6) is 0.716. The number of furan rings is 1. The molecule has 0 saturated heterocycles. The van der Waals surface area contributed by atoms with Crippen molar-refractivity contribution in [2.45, 2.75) is 26.2 Å². The molecule has 0 saturated carbocycles. The molecule has 0 aliphatic carbocycles. The smallest absolute Gasteiger partial charge is 0.156 e. The van der Waals surface area contributed by atoms with Gasteiger partial charge in [-0.2, -0.15) is 0 Å². The maximum atomic E-state index is 11.3. The monoisotopic (exact) mass is 206 g/mol. The zero-order valence-electron chi connectivity index (χ0n) is 8.73. The third-order valence-electron chi connectivity index (χ3n) is 2.02. The highest BCUT2D eigenvalue weighted by atomic mass is 16.3. The maximum absolute atomic E-state index is 11.3. The number of Topliss-reactive ketones (excluding diaryl/α,β-unsaturated/α-hetero) is 1. The molecule has 1 rings (SSSR count). The third kappa shape index (κ3) is 4.40. The van der Waals surface area contributed by atoms with Crippen LogP contribution in [-0.2, 0) is 9.59 Å². The molecule has 0 amide bonds. The summed E-state index contributed by atoms with van der Waals surface area (Å²) in [6.07, 6.45) is 5.71. The Labute approximate surface area is 88.8 Å². The first-order valence-electron chi connectivity index (χ1n) is 4.98. The van der Waals surface area contributed by atoms with E-state index in [2.05, 4.69) is 0 Å². The quantitative estimate of drug-likeness (QED) is 0.672. The number of carbonyl (C=O) groups is 2. The van der Waals surface area contributed by atoms with Gasteiger partial charge in [-0.1, -0.05) is 6.92 Å². The Morgan fingerprint density at radius 1 is 1.40 bits per heavy atom. The molecule has 15 heavy (non-hydrogen) atoms. The molecule has 0 aromatic carbocycles. The number of carbonyl (C=O) groups excluding carboxylic acids is 2. The highest BCUT2D eigenvalue weighted by molar-refractivity contribution is 5.95. The standard InChI is InChI=1S/C12H14O3/c1-2-10(13)5-6-11(14)7-8-12-4-3-9-15-12/h3-4,7-9H,2,5-6H2,1H3/b8-7+. The Morgan fingerprint density at radius 2 is 2.20 bits per heavy atom. The van der Waals surface area contributed by atoms with Crippen molar-refractivity contribution >= 4 is 17.6 Å². The Balaban J connectivity index is 2.33. The van der Waals surface area contributed by atoms with Crippen LogP contribution in [0.15, 0.2) is 28.9 Å². The average molecular weight is 206 g/mol. The molecule has 0 fully saturated rings. The minimum Gasteiger partial charge on any atom is -0.465 e. The van der Waals surface area contributed by atoms with Crippen molar-refractivity contribution in [2.24, 2.45) is 0 Å². The summed E-state index contributed by atoms with van der Waals surface area (Å²) < 4.78 is 5.02. The van der Waals surface area contributed by atoms with Crippen LogP contribution in [0.5, 0.6) is 0 Å². The number of rotatable bonds is 6. The van der Waals surface area contributed by atoms with Gasteiger partial charge in [0.1, 0.15) is 11.5 Å². The maximum Gasteiger partial charge on any atom is 0.156 e. The second-order valence-corrected chi connectivity index (χ2v) is 3.21. The fourth-order valence-corrected chi connectivity index (χ4v) is 1.08. The number of allylic oxidation sites excluding steroid dienone is 1. The predicted molar refractivity (Wildman–Crippen MR) is 57.3 cm³/mol. The molecule has 0 unspecified atom stereocenters. The fraction of sp³-hybridized carbons (Fsp3) is 0.333. The van der Waals surface area contributed by atoms with Crippen LogP contribution in [-0.4, -0.2) is 11.6 Å². The molecule has 1 aromatic heterocycles. The van der Waals surface area contributed by atoms with Crippen molar-refractivity contribution in [3.05, 3.63) is 30.2 Å². The summed E-state index contributed by atoms with van der Waals surface area (Å²) >= 11 is 0. The van der Waals surface area contributed by atoms with Crippen molar-refractivity contribution in [1.29, 1.82) is 0 Å². The van der Waals surface area contributed by atoms with Crippen molar-refractivity contribution in [3.63, 3.8) is 0 Å². The second kappa shape index (κ2) is 5.96. The molecule has 0 bridgehead atoms. The Bertz CT molecular complexity index is 347. The Kier molecular flexibility index (Phi) is 4.54. The molecular formula is C12H14O3. The van der Waals surface area contributed by atoms with E-state index in [1.807, 2.05) is 0 Å². The summed E-state index contributed by atoms with van der Waals surface area (Å²) in [5, 5.41) is 0. The molecule has 0 aliphatic rings. The van der Waals surface area contributed by atoms with Crippen molar-refractivity contribution in [1.82, 2.24) is 0 Å². The van der Waals surface area contributed by atoms with Gasteiger partial charge in [0.15, 0.2) is 5.78 Å². The molecule has 0 spiro atoms. The molecule has 0 aliphatic heterocycles. The van der Waals surface area contributed by atoms with Crippen LogP contribution in [0.2, 0.25) is 0 Å². The summed E-state index contributed by atoms with van der Waals surface area (Å²) in [7, 11) is 0. The molecule has 0 radical (unpaired) electrons. The summed E-state index contributed by atoms with van der Waals surface area (Å²) in [4.78, 5) is 22.2. The molecular weight excluding hydrogens is 192 g/mol. The summed E-state index contributed by atoms with van der Waals surface area (Å²) in [6, 6.07) is 3.52. The largest absolute Gasteiger partial charge is 0.465 e.